The average Bonchev–Trinajstić information content (AvgIpc) is 2.34. The molecule has 0 radical (unpaired) electrons. The molecule has 1 fully saturated rings. The fourth-order valence-corrected chi connectivity index (χ4v) is 3.35. The Labute approximate surface area is 120 Å². The van der Waals surface area contributed by atoms with Gasteiger partial charge in [0, 0.05) is 12.3 Å². The smallest absolute Gasteiger partial charge is 0.135 e. The summed E-state index contributed by atoms with van der Waals surface area (Å²) in [5.74, 6) is 1.67. The van der Waals surface area contributed by atoms with Crippen LogP contribution >= 0.6 is 0 Å². The largest absolute Gasteiger partial charge is 0.299 e. The van der Waals surface area contributed by atoms with Gasteiger partial charge < -0.3 is 0 Å². The first-order valence-corrected chi connectivity index (χ1v) is 8.48. The van der Waals surface area contributed by atoms with Crippen molar-refractivity contribution in [3.63, 3.8) is 0 Å². The summed E-state index contributed by atoms with van der Waals surface area (Å²) in [5.41, 5.74) is 0.375. The Bertz CT molecular complexity index is 261. The molecule has 112 valence electrons. The lowest BCUT2D eigenvalue weighted by atomic mass is 9.68. The normalized spacial score (nSPS) is 24.7. The van der Waals surface area contributed by atoms with Crippen LogP contribution < -0.4 is 0 Å². The number of unbranched alkanes of at least 4 members (excludes halogenated alkanes) is 5. The quantitative estimate of drug-likeness (QED) is 0.535. The van der Waals surface area contributed by atoms with Crippen LogP contribution in [0.4, 0.5) is 0 Å². The van der Waals surface area contributed by atoms with Crippen molar-refractivity contribution in [3.8, 4) is 0 Å². The molecular formula is C18H34O. The molecule has 0 aromatic heterocycles. The van der Waals surface area contributed by atoms with E-state index in [1.807, 2.05) is 0 Å². The van der Waals surface area contributed by atoms with Crippen molar-refractivity contribution in [2.24, 2.45) is 17.3 Å². The van der Waals surface area contributed by atoms with Crippen LogP contribution in [0.25, 0.3) is 0 Å². The summed E-state index contributed by atoms with van der Waals surface area (Å²) in [6.45, 7) is 9.24. The first kappa shape index (κ1) is 16.7. The van der Waals surface area contributed by atoms with E-state index in [4.69, 9.17) is 0 Å². The van der Waals surface area contributed by atoms with E-state index in [0.29, 0.717) is 17.1 Å². The zero-order chi connectivity index (χ0) is 14.3. The minimum Gasteiger partial charge on any atom is -0.299 e. The maximum absolute atomic E-state index is 12.0. The highest BCUT2D eigenvalue weighted by Crippen LogP contribution is 2.40. The molecular weight excluding hydrogens is 232 g/mol. The van der Waals surface area contributed by atoms with Crippen LogP contribution in [-0.2, 0) is 4.79 Å². The van der Waals surface area contributed by atoms with Crippen LogP contribution in [0.5, 0.6) is 0 Å². The van der Waals surface area contributed by atoms with Crippen molar-refractivity contribution in [3.05, 3.63) is 0 Å². The van der Waals surface area contributed by atoms with E-state index < -0.39 is 0 Å². The third-order valence-corrected chi connectivity index (χ3v) is 4.89. The molecule has 0 N–H and O–H groups in total. The first-order chi connectivity index (χ1) is 8.95. The molecule has 1 nitrogen and oxygen atoms in total. The van der Waals surface area contributed by atoms with Crippen molar-refractivity contribution >= 4 is 5.78 Å². The summed E-state index contributed by atoms with van der Waals surface area (Å²) in [7, 11) is 0. The number of Topliss-reactive ketones (excluding diaryl/α,β-unsaturated/α-hetero) is 1. The van der Waals surface area contributed by atoms with Gasteiger partial charge in [-0.25, -0.2) is 0 Å². The summed E-state index contributed by atoms with van der Waals surface area (Å²) in [5, 5.41) is 0. The third-order valence-electron chi connectivity index (χ3n) is 4.89. The molecule has 1 rings (SSSR count). The zero-order valence-electron chi connectivity index (χ0n) is 13.6. The van der Waals surface area contributed by atoms with Gasteiger partial charge in [-0.05, 0) is 30.6 Å². The van der Waals surface area contributed by atoms with Crippen LogP contribution in [0, 0.1) is 17.3 Å². The molecule has 0 saturated heterocycles. The first-order valence-electron chi connectivity index (χ1n) is 8.48. The Morgan fingerprint density at radius 1 is 1.05 bits per heavy atom. The number of rotatable bonds is 7. The molecule has 0 amide bonds. The van der Waals surface area contributed by atoms with Crippen LogP contribution in [0.2, 0.25) is 0 Å². The molecule has 0 heterocycles. The van der Waals surface area contributed by atoms with E-state index in [1.165, 1.54) is 38.5 Å². The second-order valence-corrected chi connectivity index (χ2v) is 7.56. The van der Waals surface area contributed by atoms with Crippen molar-refractivity contribution in [1.82, 2.24) is 0 Å². The van der Waals surface area contributed by atoms with Crippen molar-refractivity contribution in [2.45, 2.75) is 91.9 Å². The van der Waals surface area contributed by atoms with Gasteiger partial charge in [-0.3, -0.25) is 4.79 Å². The maximum atomic E-state index is 12.0. The fraction of sp³-hybridized carbons (Fsp3) is 0.944. The predicted octanol–water partition coefficient (Wildman–Crippen LogP) is 5.77. The van der Waals surface area contributed by atoms with E-state index in [-0.39, 0.29) is 0 Å². The molecule has 0 aromatic rings. The van der Waals surface area contributed by atoms with Crippen LogP contribution in [0.15, 0.2) is 0 Å². The van der Waals surface area contributed by atoms with Gasteiger partial charge in [0.2, 0.25) is 0 Å². The lowest BCUT2D eigenvalue weighted by Crippen LogP contribution is -2.32. The number of hydrogen-bond acceptors (Lipinski definition) is 1. The van der Waals surface area contributed by atoms with Crippen molar-refractivity contribution in [2.75, 3.05) is 0 Å². The van der Waals surface area contributed by atoms with E-state index in [2.05, 4.69) is 27.7 Å². The highest BCUT2D eigenvalue weighted by molar-refractivity contribution is 5.81. The molecule has 2 atom stereocenters. The monoisotopic (exact) mass is 266 g/mol. The molecule has 0 aliphatic heterocycles. The highest BCUT2D eigenvalue weighted by Gasteiger charge is 2.34. The summed E-state index contributed by atoms with van der Waals surface area (Å²) in [6.07, 6.45) is 12.3. The van der Waals surface area contributed by atoms with Crippen LogP contribution in [0.3, 0.4) is 0 Å². The highest BCUT2D eigenvalue weighted by atomic mass is 16.1. The van der Waals surface area contributed by atoms with Gasteiger partial charge in [0.25, 0.3) is 0 Å². The molecule has 1 saturated carbocycles. The molecule has 2 unspecified atom stereocenters. The summed E-state index contributed by atoms with van der Waals surface area (Å²) >= 11 is 0. The third kappa shape index (κ3) is 6.10. The lowest BCUT2D eigenvalue weighted by Gasteiger charge is -2.37. The predicted molar refractivity (Wildman–Crippen MR) is 83.3 cm³/mol. The van der Waals surface area contributed by atoms with E-state index in [0.717, 1.165) is 31.6 Å². The Balaban J connectivity index is 2.25. The Hall–Kier alpha value is -0.330. The van der Waals surface area contributed by atoms with E-state index in [1.54, 1.807) is 0 Å². The van der Waals surface area contributed by atoms with Crippen LogP contribution in [-0.4, -0.2) is 5.78 Å². The summed E-state index contributed by atoms with van der Waals surface area (Å²) in [4.78, 5) is 12.0. The average molecular weight is 266 g/mol. The SMILES string of the molecule is CCCCCCCCC1CC(C(C)(C)C)CCC1=O. The molecule has 19 heavy (non-hydrogen) atoms. The molecule has 1 aliphatic rings. The van der Waals surface area contributed by atoms with Crippen molar-refractivity contribution in [1.29, 1.82) is 0 Å². The Morgan fingerprint density at radius 2 is 1.68 bits per heavy atom. The number of ketones is 1. The molecule has 1 heteroatoms. The van der Waals surface area contributed by atoms with Gasteiger partial charge in [0.15, 0.2) is 0 Å². The summed E-state index contributed by atoms with van der Waals surface area (Å²) < 4.78 is 0. The van der Waals surface area contributed by atoms with Gasteiger partial charge in [0.1, 0.15) is 5.78 Å². The van der Waals surface area contributed by atoms with Crippen molar-refractivity contribution < 1.29 is 4.79 Å². The Kier molecular flexibility index (Phi) is 7.10. The molecule has 0 bridgehead atoms. The number of carbonyl (C=O) groups is 1. The van der Waals surface area contributed by atoms with Gasteiger partial charge in [-0.15, -0.1) is 0 Å². The molecule has 0 aromatic carbocycles. The standard InChI is InChI=1S/C18H34O/c1-5-6-7-8-9-10-11-15-14-16(18(2,3)4)12-13-17(15)19/h15-16H,5-14H2,1-4H3. The second-order valence-electron chi connectivity index (χ2n) is 7.56. The molecule has 1 aliphatic carbocycles. The van der Waals surface area contributed by atoms with E-state index >= 15 is 0 Å². The van der Waals surface area contributed by atoms with Crippen LogP contribution in [0.1, 0.15) is 91.9 Å². The second kappa shape index (κ2) is 8.07. The van der Waals surface area contributed by atoms with E-state index in [9.17, 15) is 4.79 Å². The Morgan fingerprint density at radius 3 is 2.32 bits per heavy atom. The minimum absolute atomic E-state index is 0.375. The minimum atomic E-state index is 0.375. The van der Waals surface area contributed by atoms with Gasteiger partial charge >= 0.3 is 0 Å². The maximum Gasteiger partial charge on any atom is 0.135 e. The number of hydrogen-bond donors (Lipinski definition) is 0. The number of carbonyl (C=O) groups excluding carboxylic acids is 1. The summed E-state index contributed by atoms with van der Waals surface area (Å²) in [6, 6.07) is 0. The topological polar surface area (TPSA) is 17.1 Å². The zero-order valence-corrected chi connectivity index (χ0v) is 13.6. The molecule has 0 spiro atoms. The van der Waals surface area contributed by atoms with Gasteiger partial charge in [-0.2, -0.15) is 0 Å². The fourth-order valence-electron chi connectivity index (χ4n) is 3.35. The van der Waals surface area contributed by atoms with Gasteiger partial charge in [0.05, 0.1) is 0 Å². The lowest BCUT2D eigenvalue weighted by molar-refractivity contribution is -0.126. The van der Waals surface area contributed by atoms with Gasteiger partial charge in [-0.1, -0.05) is 66.2 Å².